The SMILES string of the molecule is CC(C)C1CNC(C)(C)CN1c1ccc(F)cc1I. The molecule has 0 aromatic heterocycles. The monoisotopic (exact) mass is 376 g/mol. The van der Waals surface area contributed by atoms with Crippen LogP contribution >= 0.6 is 22.6 Å². The standard InChI is InChI=1S/C15H22FIN2/c1-10(2)14-8-18-15(3,4)9-19(14)13-6-5-11(16)7-12(13)17/h5-7,10,14,18H,8-9H2,1-4H3. The van der Waals surface area contributed by atoms with E-state index in [1.54, 1.807) is 12.1 Å². The van der Waals surface area contributed by atoms with Crippen molar-refractivity contribution in [1.29, 1.82) is 0 Å². The highest BCUT2D eigenvalue weighted by Crippen LogP contribution is 2.30. The van der Waals surface area contributed by atoms with Crippen molar-refractivity contribution in [2.45, 2.75) is 39.3 Å². The molecule has 1 N–H and O–H groups in total. The molecule has 1 aliphatic heterocycles. The molecule has 0 saturated carbocycles. The fourth-order valence-electron chi connectivity index (χ4n) is 2.66. The van der Waals surface area contributed by atoms with Crippen LogP contribution in [0.5, 0.6) is 0 Å². The van der Waals surface area contributed by atoms with Gasteiger partial charge in [0.15, 0.2) is 0 Å². The first kappa shape index (κ1) is 15.0. The summed E-state index contributed by atoms with van der Waals surface area (Å²) in [5.74, 6) is 0.396. The molecule has 1 aromatic carbocycles. The summed E-state index contributed by atoms with van der Waals surface area (Å²) in [6, 6.07) is 5.53. The van der Waals surface area contributed by atoms with Crippen molar-refractivity contribution >= 4 is 28.3 Å². The van der Waals surface area contributed by atoms with E-state index >= 15 is 0 Å². The topological polar surface area (TPSA) is 15.3 Å². The van der Waals surface area contributed by atoms with Gasteiger partial charge in [-0.3, -0.25) is 0 Å². The first-order valence-electron chi connectivity index (χ1n) is 6.77. The molecule has 0 amide bonds. The van der Waals surface area contributed by atoms with Gasteiger partial charge >= 0.3 is 0 Å². The maximum atomic E-state index is 13.3. The summed E-state index contributed by atoms with van der Waals surface area (Å²) in [6.45, 7) is 10.8. The summed E-state index contributed by atoms with van der Waals surface area (Å²) in [4.78, 5) is 2.43. The number of piperazine rings is 1. The lowest BCUT2D eigenvalue weighted by atomic mass is 9.92. The van der Waals surface area contributed by atoms with E-state index in [-0.39, 0.29) is 11.4 Å². The van der Waals surface area contributed by atoms with E-state index in [9.17, 15) is 4.39 Å². The Morgan fingerprint density at radius 2 is 2.11 bits per heavy atom. The molecule has 0 aliphatic carbocycles. The minimum atomic E-state index is -0.163. The third kappa shape index (κ3) is 3.40. The van der Waals surface area contributed by atoms with Crippen molar-refractivity contribution in [1.82, 2.24) is 5.32 Å². The number of halogens is 2. The second-order valence-corrected chi connectivity index (χ2v) is 7.46. The molecule has 1 fully saturated rings. The average Bonchev–Trinajstić information content (AvgIpc) is 2.27. The van der Waals surface area contributed by atoms with Crippen LogP contribution in [-0.2, 0) is 0 Å². The lowest BCUT2D eigenvalue weighted by molar-refractivity contribution is 0.277. The number of hydrogen-bond donors (Lipinski definition) is 1. The zero-order chi connectivity index (χ0) is 14.2. The first-order chi connectivity index (χ1) is 8.80. The van der Waals surface area contributed by atoms with Crippen LogP contribution in [-0.4, -0.2) is 24.7 Å². The molecule has 2 rings (SSSR count). The molecule has 1 unspecified atom stereocenters. The van der Waals surface area contributed by atoms with Gasteiger partial charge in [-0.15, -0.1) is 0 Å². The normalized spacial score (nSPS) is 22.9. The highest BCUT2D eigenvalue weighted by atomic mass is 127. The van der Waals surface area contributed by atoms with Crippen LogP contribution in [0.3, 0.4) is 0 Å². The summed E-state index contributed by atoms with van der Waals surface area (Å²) in [5, 5.41) is 3.60. The molecule has 0 bridgehead atoms. The zero-order valence-corrected chi connectivity index (χ0v) is 14.2. The summed E-state index contributed by atoms with van der Waals surface area (Å²) in [7, 11) is 0. The summed E-state index contributed by atoms with van der Waals surface area (Å²) in [5.41, 5.74) is 1.23. The van der Waals surface area contributed by atoms with Crippen molar-refractivity contribution in [3.05, 3.63) is 27.6 Å². The minimum absolute atomic E-state index is 0.0862. The predicted molar refractivity (Wildman–Crippen MR) is 87.2 cm³/mol. The summed E-state index contributed by atoms with van der Waals surface area (Å²) >= 11 is 2.23. The largest absolute Gasteiger partial charge is 0.364 e. The Bertz CT molecular complexity index is 459. The predicted octanol–water partition coefficient (Wildman–Crippen LogP) is 3.64. The van der Waals surface area contributed by atoms with Gasteiger partial charge in [-0.05, 0) is 60.6 Å². The number of hydrogen-bond acceptors (Lipinski definition) is 2. The zero-order valence-electron chi connectivity index (χ0n) is 12.0. The van der Waals surface area contributed by atoms with Gasteiger partial charge in [-0.2, -0.15) is 0 Å². The molecule has 1 aromatic rings. The van der Waals surface area contributed by atoms with Crippen molar-refractivity contribution in [2.24, 2.45) is 5.92 Å². The molecule has 19 heavy (non-hydrogen) atoms. The molecular weight excluding hydrogens is 354 g/mol. The van der Waals surface area contributed by atoms with Gasteiger partial charge in [-0.25, -0.2) is 4.39 Å². The quantitative estimate of drug-likeness (QED) is 0.793. The van der Waals surface area contributed by atoms with Crippen LogP contribution in [0.1, 0.15) is 27.7 Å². The Hall–Kier alpha value is -0.360. The van der Waals surface area contributed by atoms with Crippen molar-refractivity contribution < 1.29 is 4.39 Å². The highest BCUT2D eigenvalue weighted by Gasteiger charge is 2.34. The van der Waals surface area contributed by atoms with Crippen LogP contribution in [0.4, 0.5) is 10.1 Å². The molecule has 2 nitrogen and oxygen atoms in total. The second-order valence-electron chi connectivity index (χ2n) is 6.30. The van der Waals surface area contributed by atoms with Gasteiger partial charge in [0.1, 0.15) is 5.82 Å². The van der Waals surface area contributed by atoms with E-state index in [0.717, 1.165) is 22.3 Å². The Balaban J connectivity index is 2.36. The third-order valence-corrected chi connectivity index (χ3v) is 4.61. The molecule has 1 atom stereocenters. The van der Waals surface area contributed by atoms with Gasteiger partial charge < -0.3 is 10.2 Å². The molecule has 1 saturated heterocycles. The summed E-state index contributed by atoms with van der Waals surface area (Å²) < 4.78 is 14.3. The van der Waals surface area contributed by atoms with Gasteiger partial charge in [0.2, 0.25) is 0 Å². The van der Waals surface area contributed by atoms with E-state index in [2.05, 4.69) is 60.5 Å². The minimum Gasteiger partial charge on any atom is -0.364 e. The van der Waals surface area contributed by atoms with E-state index in [1.807, 2.05) is 6.07 Å². The molecular formula is C15H22FIN2. The van der Waals surface area contributed by atoms with E-state index in [4.69, 9.17) is 0 Å². The first-order valence-corrected chi connectivity index (χ1v) is 7.85. The van der Waals surface area contributed by atoms with Crippen LogP contribution in [0.2, 0.25) is 0 Å². The number of anilines is 1. The molecule has 0 spiro atoms. The van der Waals surface area contributed by atoms with Crippen LogP contribution in [0.15, 0.2) is 18.2 Å². The fourth-order valence-corrected chi connectivity index (χ4v) is 3.45. The molecule has 1 aliphatic rings. The van der Waals surface area contributed by atoms with Crippen LogP contribution < -0.4 is 10.2 Å². The van der Waals surface area contributed by atoms with E-state index < -0.39 is 0 Å². The van der Waals surface area contributed by atoms with E-state index in [1.165, 1.54) is 0 Å². The average molecular weight is 376 g/mol. The van der Waals surface area contributed by atoms with Crippen LogP contribution in [0.25, 0.3) is 0 Å². The number of benzene rings is 1. The van der Waals surface area contributed by atoms with E-state index in [0.29, 0.717) is 12.0 Å². The van der Waals surface area contributed by atoms with Crippen molar-refractivity contribution in [3.63, 3.8) is 0 Å². The maximum Gasteiger partial charge on any atom is 0.124 e. The maximum absolute atomic E-state index is 13.3. The van der Waals surface area contributed by atoms with Gasteiger partial charge in [0.05, 0.1) is 5.69 Å². The number of nitrogens with one attached hydrogen (secondary N) is 1. The number of rotatable bonds is 2. The lowest BCUT2D eigenvalue weighted by Gasteiger charge is -2.47. The van der Waals surface area contributed by atoms with Crippen molar-refractivity contribution in [2.75, 3.05) is 18.0 Å². The Kier molecular flexibility index (Phi) is 4.40. The molecule has 4 heteroatoms. The Labute approximate surface area is 128 Å². The third-order valence-electron chi connectivity index (χ3n) is 3.74. The smallest absolute Gasteiger partial charge is 0.124 e. The Morgan fingerprint density at radius 1 is 1.42 bits per heavy atom. The van der Waals surface area contributed by atoms with Gasteiger partial charge in [-0.1, -0.05) is 13.8 Å². The lowest BCUT2D eigenvalue weighted by Crippen LogP contribution is -2.63. The fraction of sp³-hybridized carbons (Fsp3) is 0.600. The molecule has 1 heterocycles. The number of nitrogens with zero attached hydrogens (tertiary/aromatic N) is 1. The Morgan fingerprint density at radius 3 is 2.68 bits per heavy atom. The van der Waals surface area contributed by atoms with Gasteiger partial charge in [0.25, 0.3) is 0 Å². The van der Waals surface area contributed by atoms with Crippen LogP contribution in [0, 0.1) is 15.3 Å². The van der Waals surface area contributed by atoms with Gasteiger partial charge in [0, 0.05) is 28.2 Å². The summed E-state index contributed by atoms with van der Waals surface area (Å²) in [6.07, 6.45) is 0. The van der Waals surface area contributed by atoms with Crippen molar-refractivity contribution in [3.8, 4) is 0 Å². The highest BCUT2D eigenvalue weighted by molar-refractivity contribution is 14.1. The molecule has 106 valence electrons. The second kappa shape index (κ2) is 5.56. The molecule has 0 radical (unpaired) electrons.